The Labute approximate surface area is 125 Å². The van der Waals surface area contributed by atoms with E-state index < -0.39 is 0 Å². The van der Waals surface area contributed by atoms with Gasteiger partial charge in [-0.15, -0.1) is 11.3 Å². The van der Waals surface area contributed by atoms with Crippen LogP contribution in [0.2, 0.25) is 0 Å². The minimum absolute atomic E-state index is 0. The molecule has 0 radical (unpaired) electrons. The van der Waals surface area contributed by atoms with Crippen molar-refractivity contribution in [2.24, 2.45) is 0 Å². The van der Waals surface area contributed by atoms with Gasteiger partial charge in [0.2, 0.25) is 0 Å². The largest absolute Gasteiger partial charge is 2.00 e. The SMILES string of the molecule is [Br-].[CH2-]CCCCCCCc1cccs1.[Mg+2]. The van der Waals surface area contributed by atoms with E-state index in [1.54, 1.807) is 0 Å². The first-order valence-corrected chi connectivity index (χ1v) is 6.13. The molecule has 1 heterocycles. The van der Waals surface area contributed by atoms with E-state index in [1.165, 1.54) is 43.4 Å². The molecule has 15 heavy (non-hydrogen) atoms. The van der Waals surface area contributed by atoms with Crippen LogP contribution in [0.1, 0.15) is 43.4 Å². The van der Waals surface area contributed by atoms with Crippen LogP contribution in [0.5, 0.6) is 0 Å². The predicted molar refractivity (Wildman–Crippen MR) is 66.8 cm³/mol. The molecule has 0 N–H and O–H groups in total. The molecule has 0 aromatic carbocycles. The molecule has 0 bridgehead atoms. The number of aryl methyl sites for hydroxylation is 1. The molecular weight excluding hydrogens is 280 g/mol. The minimum Gasteiger partial charge on any atom is -1.00 e. The standard InChI is InChI=1S/C12H19S.BrH.Mg/c1-2-3-4-5-6-7-9-12-10-8-11-13-12;;/h8,10-11H,1-7,9H2;1H;/q-1;;+2/p-1. The van der Waals surface area contributed by atoms with Gasteiger partial charge in [-0.05, 0) is 24.3 Å². The van der Waals surface area contributed by atoms with Crippen LogP contribution in [-0.4, -0.2) is 23.1 Å². The second-order valence-electron chi connectivity index (χ2n) is 3.45. The normalized spacial score (nSPS) is 9.13. The third-order valence-electron chi connectivity index (χ3n) is 2.25. The molecule has 0 nitrogen and oxygen atoms in total. The van der Waals surface area contributed by atoms with Gasteiger partial charge in [0.05, 0.1) is 0 Å². The Morgan fingerprint density at radius 2 is 1.73 bits per heavy atom. The van der Waals surface area contributed by atoms with Gasteiger partial charge in [0.15, 0.2) is 0 Å². The van der Waals surface area contributed by atoms with Crippen LogP contribution in [0.4, 0.5) is 0 Å². The summed E-state index contributed by atoms with van der Waals surface area (Å²) in [5, 5.41) is 2.16. The fourth-order valence-corrected chi connectivity index (χ4v) is 2.21. The summed E-state index contributed by atoms with van der Waals surface area (Å²) in [6.07, 6.45) is 9.19. The molecule has 0 aliphatic heterocycles. The maximum atomic E-state index is 3.85. The van der Waals surface area contributed by atoms with E-state index in [0.29, 0.717) is 0 Å². The Bertz CT molecular complexity index is 199. The summed E-state index contributed by atoms with van der Waals surface area (Å²) >= 11 is 1.88. The van der Waals surface area contributed by atoms with Crippen LogP contribution in [-0.2, 0) is 6.42 Å². The monoisotopic (exact) mass is 298 g/mol. The van der Waals surface area contributed by atoms with Crippen molar-refractivity contribution in [2.45, 2.75) is 44.9 Å². The zero-order valence-electron chi connectivity index (χ0n) is 9.38. The van der Waals surface area contributed by atoms with Gasteiger partial charge >= 0.3 is 23.1 Å². The number of halogens is 1. The average Bonchev–Trinajstić information content (AvgIpc) is 2.63. The second-order valence-corrected chi connectivity index (χ2v) is 4.48. The number of hydrogen-bond donors (Lipinski definition) is 0. The van der Waals surface area contributed by atoms with E-state index >= 15 is 0 Å². The third kappa shape index (κ3) is 9.85. The van der Waals surface area contributed by atoms with Crippen LogP contribution in [0.25, 0.3) is 0 Å². The van der Waals surface area contributed by atoms with E-state index in [9.17, 15) is 0 Å². The third-order valence-corrected chi connectivity index (χ3v) is 3.19. The van der Waals surface area contributed by atoms with E-state index in [0.717, 1.165) is 6.42 Å². The van der Waals surface area contributed by atoms with Gasteiger partial charge in [0.1, 0.15) is 0 Å². The summed E-state index contributed by atoms with van der Waals surface area (Å²) in [5.41, 5.74) is 0. The van der Waals surface area contributed by atoms with Crippen molar-refractivity contribution in [2.75, 3.05) is 0 Å². The Balaban J connectivity index is 0. The van der Waals surface area contributed by atoms with Crippen LogP contribution in [0, 0.1) is 6.92 Å². The van der Waals surface area contributed by atoms with Crippen molar-refractivity contribution in [1.82, 2.24) is 0 Å². The quantitative estimate of drug-likeness (QED) is 0.402. The molecule has 3 heteroatoms. The summed E-state index contributed by atoms with van der Waals surface area (Å²) in [6.45, 7) is 3.85. The molecule has 0 unspecified atom stereocenters. The van der Waals surface area contributed by atoms with Gasteiger partial charge in [0.25, 0.3) is 0 Å². The number of unbranched alkanes of at least 4 members (excludes halogenated alkanes) is 5. The molecule has 0 aliphatic rings. The minimum atomic E-state index is 0. The fourth-order valence-electron chi connectivity index (χ4n) is 1.46. The Hall–Kier alpha value is 0.946. The van der Waals surface area contributed by atoms with Crippen LogP contribution in [0.15, 0.2) is 17.5 Å². The Morgan fingerprint density at radius 1 is 1.07 bits per heavy atom. The number of thiophene rings is 1. The zero-order valence-corrected chi connectivity index (χ0v) is 13.2. The summed E-state index contributed by atoms with van der Waals surface area (Å²) in [5.74, 6) is 0. The average molecular weight is 300 g/mol. The molecule has 0 spiro atoms. The molecule has 0 aliphatic carbocycles. The van der Waals surface area contributed by atoms with Gasteiger partial charge < -0.3 is 23.9 Å². The number of hydrogen-bond acceptors (Lipinski definition) is 1. The van der Waals surface area contributed by atoms with Gasteiger partial charge in [-0.1, -0.05) is 31.7 Å². The zero-order chi connectivity index (χ0) is 9.36. The first-order valence-electron chi connectivity index (χ1n) is 5.25. The van der Waals surface area contributed by atoms with Crippen LogP contribution < -0.4 is 17.0 Å². The molecule has 0 atom stereocenters. The molecular formula is C12H19BrMgS. The van der Waals surface area contributed by atoms with Crippen molar-refractivity contribution < 1.29 is 17.0 Å². The van der Waals surface area contributed by atoms with E-state index in [2.05, 4.69) is 24.4 Å². The molecule has 0 fully saturated rings. The van der Waals surface area contributed by atoms with E-state index in [4.69, 9.17) is 0 Å². The molecule has 0 amide bonds. The Kier molecular flexibility index (Phi) is 15.9. The number of rotatable bonds is 7. The van der Waals surface area contributed by atoms with Crippen molar-refractivity contribution in [3.05, 3.63) is 29.3 Å². The van der Waals surface area contributed by atoms with Crippen LogP contribution >= 0.6 is 11.3 Å². The van der Waals surface area contributed by atoms with E-state index in [-0.39, 0.29) is 40.0 Å². The molecule has 0 saturated heterocycles. The smallest absolute Gasteiger partial charge is 1.00 e. The molecule has 82 valence electrons. The van der Waals surface area contributed by atoms with E-state index in [1.807, 2.05) is 11.3 Å². The molecule has 0 saturated carbocycles. The Morgan fingerprint density at radius 3 is 2.33 bits per heavy atom. The van der Waals surface area contributed by atoms with Crippen molar-refractivity contribution in [3.8, 4) is 0 Å². The van der Waals surface area contributed by atoms with Crippen molar-refractivity contribution in [3.63, 3.8) is 0 Å². The summed E-state index contributed by atoms with van der Waals surface area (Å²) < 4.78 is 0. The summed E-state index contributed by atoms with van der Waals surface area (Å²) in [6, 6.07) is 4.38. The van der Waals surface area contributed by atoms with Gasteiger partial charge in [-0.2, -0.15) is 6.42 Å². The molecule has 1 aromatic heterocycles. The maximum Gasteiger partial charge on any atom is 2.00 e. The first-order chi connectivity index (χ1) is 6.43. The molecule has 1 aromatic rings. The fraction of sp³-hybridized carbons (Fsp3) is 0.583. The second kappa shape index (κ2) is 13.0. The predicted octanol–water partition coefficient (Wildman–Crippen LogP) is 1.09. The van der Waals surface area contributed by atoms with Crippen LogP contribution in [0.3, 0.4) is 0 Å². The van der Waals surface area contributed by atoms with Gasteiger partial charge in [-0.3, -0.25) is 0 Å². The summed E-state index contributed by atoms with van der Waals surface area (Å²) in [4.78, 5) is 1.54. The van der Waals surface area contributed by atoms with Gasteiger partial charge in [0, 0.05) is 4.88 Å². The van der Waals surface area contributed by atoms with Crippen molar-refractivity contribution >= 4 is 34.4 Å². The summed E-state index contributed by atoms with van der Waals surface area (Å²) in [7, 11) is 0. The molecule has 1 rings (SSSR count). The topological polar surface area (TPSA) is 0 Å². The van der Waals surface area contributed by atoms with Gasteiger partial charge in [-0.25, -0.2) is 0 Å². The van der Waals surface area contributed by atoms with Crippen molar-refractivity contribution in [1.29, 1.82) is 0 Å². The maximum absolute atomic E-state index is 3.85. The first kappa shape index (κ1) is 18.3.